The van der Waals surface area contributed by atoms with Crippen LogP contribution in [-0.4, -0.2) is 21.5 Å². The third kappa shape index (κ3) is 2.60. The molecule has 5 heteroatoms. The Morgan fingerprint density at radius 2 is 2.25 bits per heavy atom. The largest absolute Gasteiger partial charge is 0.310 e. The van der Waals surface area contributed by atoms with Crippen molar-refractivity contribution in [1.29, 1.82) is 0 Å². The maximum absolute atomic E-state index is 4.78. The highest BCUT2D eigenvalue weighted by molar-refractivity contribution is 7.07. The van der Waals surface area contributed by atoms with E-state index in [0.717, 1.165) is 30.9 Å². The number of hydrogen-bond donors (Lipinski definition) is 1. The van der Waals surface area contributed by atoms with E-state index in [1.54, 1.807) is 11.3 Å². The second kappa shape index (κ2) is 5.22. The highest BCUT2D eigenvalue weighted by Gasteiger charge is 2.33. The molecule has 1 aliphatic carbocycles. The van der Waals surface area contributed by atoms with Gasteiger partial charge in [-0.3, -0.25) is 0 Å². The number of nitrogens with zero attached hydrogens (tertiary/aromatic N) is 3. The summed E-state index contributed by atoms with van der Waals surface area (Å²) < 4.78 is 0. The molecule has 20 heavy (non-hydrogen) atoms. The predicted octanol–water partition coefficient (Wildman–Crippen LogP) is 3.22. The summed E-state index contributed by atoms with van der Waals surface area (Å²) in [6.45, 7) is 7.73. The third-order valence-electron chi connectivity index (χ3n) is 3.79. The molecule has 0 saturated heterocycles. The van der Waals surface area contributed by atoms with Crippen molar-refractivity contribution in [1.82, 2.24) is 20.3 Å². The van der Waals surface area contributed by atoms with Crippen LogP contribution in [0.1, 0.15) is 44.5 Å². The van der Waals surface area contributed by atoms with Crippen LogP contribution >= 0.6 is 11.3 Å². The Morgan fingerprint density at radius 3 is 2.95 bits per heavy atom. The fourth-order valence-electron chi connectivity index (χ4n) is 2.92. The molecule has 0 aromatic carbocycles. The summed E-state index contributed by atoms with van der Waals surface area (Å²) in [5.74, 6) is 0.748. The molecule has 0 saturated carbocycles. The van der Waals surface area contributed by atoms with Crippen LogP contribution in [0.15, 0.2) is 17.1 Å². The number of hydrogen-bond acceptors (Lipinski definition) is 5. The lowest BCUT2D eigenvalue weighted by Crippen LogP contribution is -2.34. The summed E-state index contributed by atoms with van der Waals surface area (Å²) in [7, 11) is 0. The number of thiazole rings is 1. The molecule has 1 N–H and O–H groups in total. The molecular formula is C15H20N4S. The quantitative estimate of drug-likeness (QED) is 0.942. The van der Waals surface area contributed by atoms with Crippen LogP contribution in [0.2, 0.25) is 0 Å². The van der Waals surface area contributed by atoms with Gasteiger partial charge in [-0.1, -0.05) is 20.8 Å². The van der Waals surface area contributed by atoms with E-state index in [0.29, 0.717) is 6.04 Å². The lowest BCUT2D eigenvalue weighted by Gasteiger charge is -2.36. The van der Waals surface area contributed by atoms with Crippen LogP contribution in [0, 0.1) is 5.41 Å². The normalized spacial score (nSPS) is 20.6. The monoisotopic (exact) mass is 288 g/mol. The average molecular weight is 288 g/mol. The highest BCUT2D eigenvalue weighted by atomic mass is 32.1. The first-order chi connectivity index (χ1) is 9.59. The Kier molecular flexibility index (Phi) is 3.56. The topological polar surface area (TPSA) is 50.7 Å². The standard InChI is InChI=1S/C15H20N4S/c1-4-16-11-5-15(2,3)6-12-10(11)7-17-14(19-12)13-8-20-9-18-13/h7-9,11,16H,4-6H2,1-3H3. The molecule has 2 heterocycles. The Hall–Kier alpha value is -1.33. The Morgan fingerprint density at radius 1 is 1.40 bits per heavy atom. The van der Waals surface area contributed by atoms with E-state index in [1.165, 1.54) is 11.3 Å². The maximum Gasteiger partial charge on any atom is 0.179 e. The Bertz CT molecular complexity index is 592. The molecule has 3 rings (SSSR count). The number of fused-ring (bicyclic) bond motifs is 1. The lowest BCUT2D eigenvalue weighted by molar-refractivity contribution is 0.255. The van der Waals surface area contributed by atoms with E-state index in [4.69, 9.17) is 4.98 Å². The van der Waals surface area contributed by atoms with E-state index >= 15 is 0 Å². The zero-order chi connectivity index (χ0) is 14.2. The van der Waals surface area contributed by atoms with Gasteiger partial charge in [0.1, 0.15) is 5.69 Å². The van der Waals surface area contributed by atoms with Crippen molar-refractivity contribution in [3.63, 3.8) is 0 Å². The fourth-order valence-corrected chi connectivity index (χ4v) is 3.45. The predicted molar refractivity (Wildman–Crippen MR) is 81.7 cm³/mol. The van der Waals surface area contributed by atoms with Crippen molar-refractivity contribution >= 4 is 11.3 Å². The molecule has 0 aliphatic heterocycles. The molecule has 1 atom stereocenters. The minimum Gasteiger partial charge on any atom is -0.310 e. The summed E-state index contributed by atoms with van der Waals surface area (Å²) in [5.41, 5.74) is 5.40. The molecule has 0 radical (unpaired) electrons. The molecule has 0 spiro atoms. The molecule has 1 unspecified atom stereocenters. The van der Waals surface area contributed by atoms with Gasteiger partial charge in [0.15, 0.2) is 5.82 Å². The maximum atomic E-state index is 4.78. The molecule has 1 aliphatic rings. The van der Waals surface area contributed by atoms with E-state index in [2.05, 4.69) is 36.1 Å². The highest BCUT2D eigenvalue weighted by Crippen LogP contribution is 2.40. The van der Waals surface area contributed by atoms with Crippen LogP contribution < -0.4 is 5.32 Å². The minimum atomic E-state index is 0.271. The number of aromatic nitrogens is 3. The molecule has 0 bridgehead atoms. The number of rotatable bonds is 3. The van der Waals surface area contributed by atoms with Gasteiger partial charge in [-0.25, -0.2) is 15.0 Å². The van der Waals surface area contributed by atoms with E-state index in [-0.39, 0.29) is 5.41 Å². The van der Waals surface area contributed by atoms with Gasteiger partial charge in [0.05, 0.1) is 5.51 Å². The molecule has 2 aromatic heterocycles. The first kappa shape index (κ1) is 13.6. The number of nitrogens with one attached hydrogen (secondary N) is 1. The SMILES string of the molecule is CCNC1CC(C)(C)Cc2nc(-c3cscn3)ncc21. The van der Waals surface area contributed by atoms with Gasteiger partial charge in [-0.2, -0.15) is 0 Å². The van der Waals surface area contributed by atoms with E-state index < -0.39 is 0 Å². The van der Waals surface area contributed by atoms with Gasteiger partial charge < -0.3 is 5.32 Å². The Balaban J connectivity index is 2.01. The van der Waals surface area contributed by atoms with Crippen molar-refractivity contribution in [2.24, 2.45) is 5.41 Å². The van der Waals surface area contributed by atoms with Gasteiger partial charge >= 0.3 is 0 Å². The second-order valence-electron chi connectivity index (χ2n) is 6.12. The zero-order valence-electron chi connectivity index (χ0n) is 12.2. The van der Waals surface area contributed by atoms with Crippen LogP contribution in [-0.2, 0) is 6.42 Å². The van der Waals surface area contributed by atoms with Crippen molar-refractivity contribution < 1.29 is 0 Å². The molecule has 0 fully saturated rings. The summed E-state index contributed by atoms with van der Waals surface area (Å²) in [6.07, 6.45) is 4.12. The van der Waals surface area contributed by atoms with Crippen molar-refractivity contribution in [3.05, 3.63) is 28.3 Å². The summed E-state index contributed by atoms with van der Waals surface area (Å²) in [4.78, 5) is 13.6. The molecule has 4 nitrogen and oxygen atoms in total. The molecule has 0 amide bonds. The van der Waals surface area contributed by atoms with Gasteiger partial charge in [0.2, 0.25) is 0 Å². The first-order valence-electron chi connectivity index (χ1n) is 7.07. The van der Waals surface area contributed by atoms with Gasteiger partial charge in [0, 0.05) is 28.9 Å². The molecule has 106 valence electrons. The van der Waals surface area contributed by atoms with E-state index in [9.17, 15) is 0 Å². The van der Waals surface area contributed by atoms with Crippen molar-refractivity contribution in [2.75, 3.05) is 6.54 Å². The average Bonchev–Trinajstić information content (AvgIpc) is 2.90. The summed E-state index contributed by atoms with van der Waals surface area (Å²) >= 11 is 1.58. The van der Waals surface area contributed by atoms with Crippen molar-refractivity contribution in [3.8, 4) is 11.5 Å². The van der Waals surface area contributed by atoms with E-state index in [1.807, 2.05) is 17.1 Å². The van der Waals surface area contributed by atoms with Gasteiger partial charge in [0.25, 0.3) is 0 Å². The van der Waals surface area contributed by atoms with Gasteiger partial charge in [-0.15, -0.1) is 11.3 Å². The second-order valence-corrected chi connectivity index (χ2v) is 6.84. The lowest BCUT2D eigenvalue weighted by atomic mass is 9.74. The summed E-state index contributed by atoms with van der Waals surface area (Å²) in [6, 6.07) is 0.364. The third-order valence-corrected chi connectivity index (χ3v) is 4.38. The van der Waals surface area contributed by atoms with Crippen LogP contribution in [0.3, 0.4) is 0 Å². The fraction of sp³-hybridized carbons (Fsp3) is 0.533. The minimum absolute atomic E-state index is 0.271. The van der Waals surface area contributed by atoms with Crippen LogP contribution in [0.4, 0.5) is 0 Å². The zero-order valence-corrected chi connectivity index (χ0v) is 13.0. The van der Waals surface area contributed by atoms with Crippen molar-refractivity contribution in [2.45, 2.75) is 39.7 Å². The molecule has 2 aromatic rings. The first-order valence-corrected chi connectivity index (χ1v) is 8.01. The van der Waals surface area contributed by atoms with Crippen LogP contribution in [0.25, 0.3) is 11.5 Å². The smallest absolute Gasteiger partial charge is 0.179 e. The summed E-state index contributed by atoms with van der Waals surface area (Å²) in [5, 5.41) is 5.55. The van der Waals surface area contributed by atoms with Gasteiger partial charge in [-0.05, 0) is 24.8 Å². The Labute approximate surface area is 123 Å². The molecular weight excluding hydrogens is 268 g/mol. The van der Waals surface area contributed by atoms with Crippen LogP contribution in [0.5, 0.6) is 0 Å².